The predicted molar refractivity (Wildman–Crippen MR) is 126 cm³/mol. The van der Waals surface area contributed by atoms with Crippen molar-refractivity contribution in [3.63, 3.8) is 0 Å². The highest BCUT2D eigenvalue weighted by Gasteiger charge is 2.59. The molecule has 1 saturated heterocycles. The minimum atomic E-state index is 0.0152. The third kappa shape index (κ3) is 3.79. The SMILES string of the molecule is CC(=O)C1=CC[C@@H]2[C@@H]3CC[C@H]4C[C@@H](OC(=O)CCN5CCCC5)CC[C@]4(C)[C@H]3CC[C@]12C. The molecule has 0 aromatic carbocycles. The molecule has 7 atom stereocenters. The van der Waals surface area contributed by atoms with Gasteiger partial charge in [0, 0.05) is 6.54 Å². The standard InChI is InChI=1S/C28H43NO3/c1-19(30)23-8-9-24-22-7-6-20-18-21(32-26(31)12-17-29-15-4-5-16-29)10-13-27(20,2)25(22)11-14-28(23,24)3/h8,20-22,24-25H,4-7,9-18H2,1-3H3/t20-,21-,22-,24+,25-,27-,28+/m0/s1. The number of fused-ring (bicyclic) bond motifs is 5. The molecule has 1 aliphatic heterocycles. The first-order valence-electron chi connectivity index (χ1n) is 13.4. The van der Waals surface area contributed by atoms with E-state index in [9.17, 15) is 9.59 Å². The highest BCUT2D eigenvalue weighted by molar-refractivity contribution is 5.95. The summed E-state index contributed by atoms with van der Waals surface area (Å²) < 4.78 is 6.00. The summed E-state index contributed by atoms with van der Waals surface area (Å²) in [6.07, 6.45) is 14.9. The van der Waals surface area contributed by atoms with Crippen LogP contribution in [0.1, 0.15) is 91.4 Å². The average molecular weight is 442 g/mol. The minimum absolute atomic E-state index is 0.0152. The van der Waals surface area contributed by atoms with Crippen molar-refractivity contribution in [1.82, 2.24) is 4.90 Å². The van der Waals surface area contributed by atoms with Crippen LogP contribution < -0.4 is 0 Å². The zero-order chi connectivity index (χ0) is 22.5. The van der Waals surface area contributed by atoms with Crippen LogP contribution in [0.4, 0.5) is 0 Å². The highest BCUT2D eigenvalue weighted by Crippen LogP contribution is 2.66. The van der Waals surface area contributed by atoms with Gasteiger partial charge in [0.2, 0.25) is 0 Å². The van der Waals surface area contributed by atoms with Gasteiger partial charge in [-0.3, -0.25) is 9.59 Å². The fourth-order valence-electron chi connectivity index (χ4n) is 8.94. The van der Waals surface area contributed by atoms with Crippen LogP contribution in [0.25, 0.3) is 0 Å². The monoisotopic (exact) mass is 441 g/mol. The number of ether oxygens (including phenoxy) is 1. The van der Waals surface area contributed by atoms with Gasteiger partial charge in [-0.05, 0) is 124 Å². The number of nitrogens with zero attached hydrogens (tertiary/aromatic N) is 1. The lowest BCUT2D eigenvalue weighted by Crippen LogP contribution is -2.54. The van der Waals surface area contributed by atoms with Crippen molar-refractivity contribution in [2.75, 3.05) is 19.6 Å². The van der Waals surface area contributed by atoms with E-state index < -0.39 is 0 Å². The molecule has 0 N–H and O–H groups in total. The topological polar surface area (TPSA) is 46.6 Å². The fourth-order valence-corrected chi connectivity index (χ4v) is 8.94. The Morgan fingerprint density at radius 2 is 1.84 bits per heavy atom. The maximum absolute atomic E-state index is 12.5. The van der Waals surface area contributed by atoms with Crippen LogP contribution in [-0.2, 0) is 14.3 Å². The number of carbonyl (C=O) groups is 2. The van der Waals surface area contributed by atoms with Crippen LogP contribution in [0.2, 0.25) is 0 Å². The normalized spacial score (nSPS) is 43.7. The first kappa shape index (κ1) is 22.6. The second kappa shape index (κ2) is 8.56. The Hall–Kier alpha value is -1.16. The predicted octanol–water partition coefficient (Wildman–Crippen LogP) is 5.55. The zero-order valence-electron chi connectivity index (χ0n) is 20.5. The van der Waals surface area contributed by atoms with Gasteiger partial charge in [0.1, 0.15) is 6.10 Å². The maximum Gasteiger partial charge on any atom is 0.307 e. The van der Waals surface area contributed by atoms with Gasteiger partial charge < -0.3 is 9.64 Å². The Balaban J connectivity index is 1.20. The molecule has 0 aromatic heterocycles. The number of hydrogen-bond acceptors (Lipinski definition) is 4. The van der Waals surface area contributed by atoms with Crippen molar-refractivity contribution in [2.45, 2.75) is 97.5 Å². The van der Waals surface area contributed by atoms with Gasteiger partial charge in [-0.15, -0.1) is 0 Å². The number of Topliss-reactive ketones (excluding diaryl/α,β-unsaturated/α-hetero) is 1. The van der Waals surface area contributed by atoms with E-state index in [4.69, 9.17) is 4.74 Å². The van der Waals surface area contributed by atoms with Gasteiger partial charge in [0.15, 0.2) is 5.78 Å². The quantitative estimate of drug-likeness (QED) is 0.525. The molecule has 3 saturated carbocycles. The van der Waals surface area contributed by atoms with Crippen molar-refractivity contribution >= 4 is 11.8 Å². The molecule has 4 nitrogen and oxygen atoms in total. The minimum Gasteiger partial charge on any atom is -0.462 e. The van der Waals surface area contributed by atoms with Crippen molar-refractivity contribution < 1.29 is 14.3 Å². The molecular formula is C28H43NO3. The summed E-state index contributed by atoms with van der Waals surface area (Å²) in [6, 6.07) is 0. The molecule has 4 fully saturated rings. The van der Waals surface area contributed by atoms with Gasteiger partial charge in [-0.25, -0.2) is 0 Å². The first-order valence-corrected chi connectivity index (χ1v) is 13.4. The van der Waals surface area contributed by atoms with Crippen molar-refractivity contribution in [2.24, 2.45) is 34.5 Å². The van der Waals surface area contributed by atoms with E-state index in [1.807, 2.05) is 0 Å². The Labute approximate surface area is 194 Å². The highest BCUT2D eigenvalue weighted by atomic mass is 16.5. The lowest BCUT2D eigenvalue weighted by molar-refractivity contribution is -0.161. The van der Waals surface area contributed by atoms with Gasteiger partial charge in [0.05, 0.1) is 6.42 Å². The average Bonchev–Trinajstić information content (AvgIpc) is 3.39. The Morgan fingerprint density at radius 1 is 1.06 bits per heavy atom. The van der Waals surface area contributed by atoms with Crippen LogP contribution in [0, 0.1) is 34.5 Å². The molecule has 0 unspecified atom stereocenters. The van der Waals surface area contributed by atoms with Crippen molar-refractivity contribution in [3.8, 4) is 0 Å². The fraction of sp³-hybridized carbons (Fsp3) is 0.857. The van der Waals surface area contributed by atoms with E-state index >= 15 is 0 Å². The summed E-state index contributed by atoms with van der Waals surface area (Å²) in [5.74, 6) is 3.16. The summed E-state index contributed by atoms with van der Waals surface area (Å²) in [4.78, 5) is 27.2. The second-order valence-electron chi connectivity index (χ2n) is 12.2. The summed E-state index contributed by atoms with van der Waals surface area (Å²) in [5, 5.41) is 0. The molecule has 4 heteroatoms. The molecular weight excluding hydrogens is 398 g/mol. The zero-order valence-corrected chi connectivity index (χ0v) is 20.5. The summed E-state index contributed by atoms with van der Waals surface area (Å²) in [5.41, 5.74) is 1.61. The molecule has 0 bridgehead atoms. The number of hydrogen-bond donors (Lipinski definition) is 0. The molecule has 178 valence electrons. The summed E-state index contributed by atoms with van der Waals surface area (Å²) >= 11 is 0. The summed E-state index contributed by atoms with van der Waals surface area (Å²) in [6.45, 7) is 9.84. The van der Waals surface area contributed by atoms with Crippen LogP contribution in [0.5, 0.6) is 0 Å². The number of ketones is 1. The van der Waals surface area contributed by atoms with E-state index in [1.165, 1.54) is 44.9 Å². The number of carbonyl (C=O) groups excluding carboxylic acids is 2. The van der Waals surface area contributed by atoms with Crippen molar-refractivity contribution in [1.29, 1.82) is 0 Å². The van der Waals surface area contributed by atoms with Crippen LogP contribution >= 0.6 is 0 Å². The molecule has 0 amide bonds. The molecule has 0 spiro atoms. The smallest absolute Gasteiger partial charge is 0.307 e. The van der Waals surface area contributed by atoms with Crippen LogP contribution in [0.15, 0.2) is 11.6 Å². The van der Waals surface area contributed by atoms with Gasteiger partial charge in [0.25, 0.3) is 0 Å². The molecule has 4 aliphatic carbocycles. The molecule has 5 rings (SSSR count). The molecule has 32 heavy (non-hydrogen) atoms. The first-order chi connectivity index (χ1) is 15.3. The van der Waals surface area contributed by atoms with E-state index in [0.29, 0.717) is 29.5 Å². The van der Waals surface area contributed by atoms with E-state index in [-0.39, 0.29) is 17.5 Å². The number of likely N-dealkylation sites (tertiary alicyclic amines) is 1. The van der Waals surface area contributed by atoms with Gasteiger partial charge >= 0.3 is 5.97 Å². The van der Waals surface area contributed by atoms with E-state index in [1.54, 1.807) is 6.92 Å². The number of rotatable bonds is 5. The summed E-state index contributed by atoms with van der Waals surface area (Å²) in [7, 11) is 0. The van der Waals surface area contributed by atoms with Crippen molar-refractivity contribution in [3.05, 3.63) is 11.6 Å². The molecule has 1 heterocycles. The van der Waals surface area contributed by atoms with E-state index in [0.717, 1.165) is 56.3 Å². The van der Waals surface area contributed by atoms with E-state index in [2.05, 4.69) is 24.8 Å². The second-order valence-corrected chi connectivity index (χ2v) is 12.2. The Bertz CT molecular complexity index is 784. The Kier molecular flexibility index (Phi) is 6.05. The van der Waals surface area contributed by atoms with Gasteiger partial charge in [-0.1, -0.05) is 19.9 Å². The van der Waals surface area contributed by atoms with Crippen LogP contribution in [-0.4, -0.2) is 42.4 Å². The Morgan fingerprint density at radius 3 is 2.59 bits per heavy atom. The van der Waals surface area contributed by atoms with Crippen LogP contribution in [0.3, 0.4) is 0 Å². The maximum atomic E-state index is 12.5. The number of allylic oxidation sites excluding steroid dienone is 2. The number of esters is 1. The lowest BCUT2D eigenvalue weighted by atomic mass is 9.44. The third-order valence-electron chi connectivity index (χ3n) is 10.7. The van der Waals surface area contributed by atoms with Gasteiger partial charge in [-0.2, -0.15) is 0 Å². The molecule has 5 aliphatic rings. The largest absolute Gasteiger partial charge is 0.462 e. The third-order valence-corrected chi connectivity index (χ3v) is 10.7. The molecule has 0 radical (unpaired) electrons. The lowest BCUT2D eigenvalue weighted by Gasteiger charge is -2.60. The molecule has 0 aromatic rings.